The van der Waals surface area contributed by atoms with Gasteiger partial charge in [0.05, 0.1) is 11.3 Å². The number of nitrogens with one attached hydrogen (secondary N) is 2. The van der Waals surface area contributed by atoms with Crippen molar-refractivity contribution in [1.29, 1.82) is 0 Å². The summed E-state index contributed by atoms with van der Waals surface area (Å²) in [5, 5.41) is 12.2. The van der Waals surface area contributed by atoms with Gasteiger partial charge in [-0.2, -0.15) is 15.2 Å². The Hall–Kier alpha value is -2.09. The van der Waals surface area contributed by atoms with Gasteiger partial charge in [0.25, 0.3) is 0 Å². The first kappa shape index (κ1) is 15.8. The van der Waals surface area contributed by atoms with E-state index in [0.717, 1.165) is 39.5 Å². The average Bonchev–Trinajstić information content (AvgIpc) is 3.06. The molecule has 0 saturated carbocycles. The Balaban J connectivity index is 1.90. The van der Waals surface area contributed by atoms with Crippen molar-refractivity contribution >= 4 is 22.6 Å². The number of nitrogens with zero attached hydrogens (tertiary/aromatic N) is 5. The molecule has 7 nitrogen and oxygen atoms in total. The lowest BCUT2D eigenvalue weighted by atomic mass is 10.1. The molecule has 0 radical (unpaired) electrons. The van der Waals surface area contributed by atoms with Crippen LogP contribution in [0.5, 0.6) is 0 Å². The summed E-state index contributed by atoms with van der Waals surface area (Å²) in [4.78, 5) is 8.85. The molecule has 0 bridgehead atoms. The van der Waals surface area contributed by atoms with Gasteiger partial charge in [0.1, 0.15) is 6.33 Å². The lowest BCUT2D eigenvalue weighted by Crippen LogP contribution is -2.28. The minimum absolute atomic E-state index is 0.107. The Bertz CT molecular complexity index is 763. The van der Waals surface area contributed by atoms with Gasteiger partial charge in [0.15, 0.2) is 5.17 Å². The number of aliphatic imine (C=N–C) groups is 1. The minimum Gasteiger partial charge on any atom is -0.287 e. The highest BCUT2D eigenvalue weighted by Crippen LogP contribution is 2.23. The van der Waals surface area contributed by atoms with Gasteiger partial charge in [-0.1, -0.05) is 11.8 Å². The summed E-state index contributed by atoms with van der Waals surface area (Å²) in [6.45, 7) is 10.3. The van der Waals surface area contributed by atoms with Crippen LogP contribution in [0.1, 0.15) is 37.7 Å². The Labute approximate surface area is 139 Å². The van der Waals surface area contributed by atoms with E-state index in [1.165, 1.54) is 6.33 Å². The van der Waals surface area contributed by atoms with E-state index < -0.39 is 0 Å². The molecule has 0 aromatic carbocycles. The first-order chi connectivity index (χ1) is 10.8. The summed E-state index contributed by atoms with van der Waals surface area (Å²) in [7, 11) is 0. The smallest absolute Gasteiger partial charge is 0.229 e. The van der Waals surface area contributed by atoms with Crippen molar-refractivity contribution in [3.8, 4) is 5.95 Å². The van der Waals surface area contributed by atoms with E-state index in [2.05, 4.69) is 71.4 Å². The van der Waals surface area contributed by atoms with Gasteiger partial charge in [0.2, 0.25) is 5.95 Å². The second kappa shape index (κ2) is 5.84. The number of aromatic amines is 1. The number of hydrogen-bond acceptors (Lipinski definition) is 5. The van der Waals surface area contributed by atoms with Crippen LogP contribution in [-0.4, -0.2) is 41.9 Å². The summed E-state index contributed by atoms with van der Waals surface area (Å²) in [6, 6.07) is 2.13. The quantitative estimate of drug-likeness (QED) is 0.885. The molecule has 0 atom stereocenters. The average molecular weight is 331 g/mol. The summed E-state index contributed by atoms with van der Waals surface area (Å²) < 4.78 is 2.05. The van der Waals surface area contributed by atoms with Gasteiger partial charge in [-0.25, -0.2) is 5.10 Å². The molecule has 8 heteroatoms. The SMILES string of the molecule is Cc1cc(C2=NNC(=NC(C)(C)C)SC2)c(C)n1-c1ncn[nH]1. The third kappa shape index (κ3) is 3.31. The van der Waals surface area contributed by atoms with Crippen LogP contribution in [0, 0.1) is 13.8 Å². The summed E-state index contributed by atoms with van der Waals surface area (Å²) in [6.07, 6.45) is 1.51. The Morgan fingerprint density at radius 2 is 2.09 bits per heavy atom. The maximum atomic E-state index is 4.62. The Morgan fingerprint density at radius 1 is 1.30 bits per heavy atom. The van der Waals surface area contributed by atoms with Crippen molar-refractivity contribution in [2.24, 2.45) is 10.1 Å². The lowest BCUT2D eigenvalue weighted by molar-refractivity contribution is 0.582. The molecule has 2 aromatic rings. The fourth-order valence-electron chi connectivity index (χ4n) is 2.50. The number of aromatic nitrogens is 4. The number of H-pyrrole nitrogens is 1. The third-order valence-corrected chi connectivity index (χ3v) is 4.30. The predicted molar refractivity (Wildman–Crippen MR) is 94.5 cm³/mol. The van der Waals surface area contributed by atoms with E-state index in [9.17, 15) is 0 Å². The number of hydrazone groups is 1. The first-order valence-electron chi connectivity index (χ1n) is 7.45. The fraction of sp³-hybridized carbons (Fsp3) is 0.467. The van der Waals surface area contributed by atoms with E-state index in [1.807, 2.05) is 4.57 Å². The monoisotopic (exact) mass is 331 g/mol. The number of aryl methyl sites for hydroxylation is 1. The third-order valence-electron chi connectivity index (χ3n) is 3.43. The van der Waals surface area contributed by atoms with E-state index >= 15 is 0 Å². The van der Waals surface area contributed by atoms with Crippen molar-refractivity contribution in [2.45, 2.75) is 40.2 Å². The Kier molecular flexibility index (Phi) is 4.01. The molecule has 0 saturated heterocycles. The normalized spacial score (nSPS) is 17.3. The molecule has 0 unspecified atom stereocenters. The maximum absolute atomic E-state index is 4.62. The van der Waals surface area contributed by atoms with E-state index in [4.69, 9.17) is 0 Å². The molecule has 1 aliphatic rings. The number of amidine groups is 1. The zero-order valence-electron chi connectivity index (χ0n) is 14.0. The molecule has 23 heavy (non-hydrogen) atoms. The van der Waals surface area contributed by atoms with Crippen LogP contribution in [0.2, 0.25) is 0 Å². The van der Waals surface area contributed by atoms with Gasteiger partial charge in [-0.3, -0.25) is 15.0 Å². The molecule has 0 amide bonds. The van der Waals surface area contributed by atoms with E-state index in [1.54, 1.807) is 11.8 Å². The van der Waals surface area contributed by atoms with Gasteiger partial charge >= 0.3 is 0 Å². The largest absolute Gasteiger partial charge is 0.287 e. The standard InChI is InChI=1S/C15H21N7S/c1-9-6-11(10(2)22(9)13-16-8-17-20-13)12-7-23-14(21-19-12)18-15(3,4)5/h6,8H,7H2,1-5H3,(H,18,21)(H,16,17,20). The van der Waals surface area contributed by atoms with Crippen molar-refractivity contribution in [3.63, 3.8) is 0 Å². The van der Waals surface area contributed by atoms with Crippen molar-refractivity contribution in [1.82, 2.24) is 25.2 Å². The molecule has 2 aromatic heterocycles. The minimum atomic E-state index is -0.107. The predicted octanol–water partition coefficient (Wildman–Crippen LogP) is 2.41. The van der Waals surface area contributed by atoms with Crippen molar-refractivity contribution < 1.29 is 0 Å². The van der Waals surface area contributed by atoms with Crippen LogP contribution in [0.3, 0.4) is 0 Å². The van der Waals surface area contributed by atoms with Crippen molar-refractivity contribution in [2.75, 3.05) is 5.75 Å². The highest BCUT2D eigenvalue weighted by molar-refractivity contribution is 8.14. The van der Waals surface area contributed by atoms with Crippen LogP contribution in [0.4, 0.5) is 0 Å². The molecular weight excluding hydrogens is 310 g/mol. The number of hydrogen-bond donors (Lipinski definition) is 2. The molecule has 0 aliphatic carbocycles. The van der Waals surface area contributed by atoms with Crippen LogP contribution in [-0.2, 0) is 0 Å². The zero-order valence-corrected chi connectivity index (χ0v) is 14.8. The van der Waals surface area contributed by atoms with E-state index in [0.29, 0.717) is 0 Å². The first-order valence-corrected chi connectivity index (χ1v) is 8.44. The van der Waals surface area contributed by atoms with Crippen LogP contribution >= 0.6 is 11.8 Å². The van der Waals surface area contributed by atoms with Crippen LogP contribution in [0.15, 0.2) is 22.5 Å². The summed E-state index contributed by atoms with van der Waals surface area (Å²) >= 11 is 1.68. The zero-order chi connectivity index (χ0) is 16.6. The second-order valence-electron chi connectivity index (χ2n) is 6.48. The van der Waals surface area contributed by atoms with Gasteiger partial charge in [0, 0.05) is 22.7 Å². The fourth-order valence-corrected chi connectivity index (χ4v) is 3.45. The number of thioether (sulfide) groups is 1. The molecule has 0 fully saturated rings. The highest BCUT2D eigenvalue weighted by Gasteiger charge is 2.21. The Morgan fingerprint density at radius 3 is 2.65 bits per heavy atom. The summed E-state index contributed by atoms with van der Waals surface area (Å²) in [5.74, 6) is 1.51. The van der Waals surface area contributed by atoms with Gasteiger partial charge in [-0.15, -0.1) is 0 Å². The molecule has 1 aliphatic heterocycles. The van der Waals surface area contributed by atoms with Gasteiger partial charge in [-0.05, 0) is 40.7 Å². The highest BCUT2D eigenvalue weighted by atomic mass is 32.2. The maximum Gasteiger partial charge on any atom is 0.229 e. The topological polar surface area (TPSA) is 83.2 Å². The molecule has 2 N–H and O–H groups in total. The summed E-state index contributed by atoms with van der Waals surface area (Å²) in [5.41, 5.74) is 7.29. The second-order valence-corrected chi connectivity index (χ2v) is 7.44. The lowest BCUT2D eigenvalue weighted by Gasteiger charge is -2.19. The van der Waals surface area contributed by atoms with Gasteiger partial charge < -0.3 is 0 Å². The van der Waals surface area contributed by atoms with E-state index in [-0.39, 0.29) is 5.54 Å². The molecule has 3 rings (SSSR count). The molecule has 0 spiro atoms. The van der Waals surface area contributed by atoms with Crippen LogP contribution in [0.25, 0.3) is 5.95 Å². The van der Waals surface area contributed by atoms with Crippen molar-refractivity contribution in [3.05, 3.63) is 29.3 Å². The number of rotatable bonds is 2. The molecular formula is C15H21N7S. The molecule has 3 heterocycles. The van der Waals surface area contributed by atoms with Crippen LogP contribution < -0.4 is 5.43 Å². The molecule has 122 valence electrons.